The molecule has 0 fully saturated rings. The summed E-state index contributed by atoms with van der Waals surface area (Å²) in [6, 6.07) is 12.9. The summed E-state index contributed by atoms with van der Waals surface area (Å²) < 4.78 is 15.8. The van der Waals surface area contributed by atoms with Crippen LogP contribution >= 0.6 is 0 Å². The minimum absolute atomic E-state index is 0.0483. The topological polar surface area (TPSA) is 117 Å². The van der Waals surface area contributed by atoms with Crippen LogP contribution in [0.25, 0.3) is 11.1 Å². The normalized spacial score (nSPS) is 12.7. The SMILES string of the molecule is Cn1c(C(=O)Nc2cnccc2F)cc2c1CN(c1nccc(Nc3ccc(-c4cn[nH]c4)cc3)n1)CC2. The zero-order valence-corrected chi connectivity index (χ0v) is 20.5. The summed E-state index contributed by atoms with van der Waals surface area (Å²) in [7, 11) is 1.84. The van der Waals surface area contributed by atoms with E-state index >= 15 is 0 Å². The van der Waals surface area contributed by atoms with Crippen LogP contribution in [0.3, 0.4) is 0 Å². The molecule has 0 bridgehead atoms. The van der Waals surface area contributed by atoms with E-state index in [9.17, 15) is 9.18 Å². The highest BCUT2D eigenvalue weighted by molar-refractivity contribution is 6.03. The Labute approximate surface area is 217 Å². The summed E-state index contributed by atoms with van der Waals surface area (Å²) in [5, 5.41) is 12.8. The Hall–Kier alpha value is -5.06. The van der Waals surface area contributed by atoms with E-state index in [-0.39, 0.29) is 11.6 Å². The summed E-state index contributed by atoms with van der Waals surface area (Å²) in [5.74, 6) is 0.363. The number of aromatic nitrogens is 6. The number of rotatable bonds is 6. The van der Waals surface area contributed by atoms with Crippen molar-refractivity contribution in [2.24, 2.45) is 7.05 Å². The smallest absolute Gasteiger partial charge is 0.272 e. The van der Waals surface area contributed by atoms with Crippen molar-refractivity contribution in [3.8, 4) is 11.1 Å². The number of benzene rings is 1. The molecule has 0 aliphatic carbocycles. The number of hydrogen-bond acceptors (Lipinski definition) is 7. The van der Waals surface area contributed by atoms with E-state index in [2.05, 4.69) is 35.7 Å². The van der Waals surface area contributed by atoms with Gasteiger partial charge >= 0.3 is 0 Å². The van der Waals surface area contributed by atoms with Gasteiger partial charge < -0.3 is 20.1 Å². The first-order valence-corrected chi connectivity index (χ1v) is 12.1. The zero-order chi connectivity index (χ0) is 26.1. The van der Waals surface area contributed by atoms with Crippen LogP contribution in [-0.4, -0.2) is 42.2 Å². The van der Waals surface area contributed by atoms with Gasteiger partial charge in [-0.3, -0.25) is 14.9 Å². The van der Waals surface area contributed by atoms with Gasteiger partial charge in [0.1, 0.15) is 17.3 Å². The van der Waals surface area contributed by atoms with Gasteiger partial charge in [0, 0.05) is 49.1 Å². The number of H-pyrrole nitrogens is 1. The Kier molecular flexibility index (Phi) is 6.00. The number of nitrogens with zero attached hydrogens (tertiary/aromatic N) is 6. The van der Waals surface area contributed by atoms with Crippen molar-refractivity contribution in [3.05, 3.63) is 96.2 Å². The molecule has 11 heteroatoms. The predicted octanol–water partition coefficient (Wildman–Crippen LogP) is 4.30. The molecule has 0 saturated heterocycles. The minimum Gasteiger partial charge on any atom is -0.342 e. The van der Waals surface area contributed by atoms with E-state index in [0.29, 0.717) is 30.5 Å². The van der Waals surface area contributed by atoms with Gasteiger partial charge in [0.15, 0.2) is 0 Å². The van der Waals surface area contributed by atoms with Crippen LogP contribution in [0, 0.1) is 5.82 Å². The molecule has 1 aromatic carbocycles. The Morgan fingerprint density at radius 3 is 2.74 bits per heavy atom. The maximum Gasteiger partial charge on any atom is 0.272 e. The lowest BCUT2D eigenvalue weighted by Crippen LogP contribution is -2.32. The van der Waals surface area contributed by atoms with Crippen LogP contribution in [0.5, 0.6) is 0 Å². The van der Waals surface area contributed by atoms with Crippen molar-refractivity contribution < 1.29 is 9.18 Å². The van der Waals surface area contributed by atoms with Crippen molar-refractivity contribution >= 4 is 29.0 Å². The second-order valence-electron chi connectivity index (χ2n) is 8.97. The quantitative estimate of drug-likeness (QED) is 0.313. The first kappa shape index (κ1) is 23.3. The van der Waals surface area contributed by atoms with Crippen LogP contribution in [-0.2, 0) is 20.0 Å². The fraction of sp³-hybridized carbons (Fsp3) is 0.148. The molecule has 0 saturated carbocycles. The maximum atomic E-state index is 14.0. The monoisotopic (exact) mass is 509 g/mol. The van der Waals surface area contributed by atoms with Crippen LogP contribution in [0.15, 0.2) is 73.4 Å². The summed E-state index contributed by atoms with van der Waals surface area (Å²) in [6.07, 6.45) is 8.73. The lowest BCUT2D eigenvalue weighted by atomic mass is 10.1. The Morgan fingerprint density at radius 2 is 1.95 bits per heavy atom. The maximum absolute atomic E-state index is 14.0. The van der Waals surface area contributed by atoms with Gasteiger partial charge in [-0.05, 0) is 47.9 Å². The van der Waals surface area contributed by atoms with Crippen LogP contribution in [0.4, 0.5) is 27.5 Å². The molecule has 6 rings (SSSR count). The van der Waals surface area contributed by atoms with E-state index in [4.69, 9.17) is 4.98 Å². The number of aromatic amines is 1. The lowest BCUT2D eigenvalue weighted by molar-refractivity contribution is 0.101. The molecule has 5 heterocycles. The highest BCUT2D eigenvalue weighted by Crippen LogP contribution is 2.27. The molecule has 0 radical (unpaired) electrons. The molecule has 1 aliphatic heterocycles. The molecule has 1 amide bonds. The summed E-state index contributed by atoms with van der Waals surface area (Å²) >= 11 is 0. The van der Waals surface area contributed by atoms with E-state index < -0.39 is 5.82 Å². The van der Waals surface area contributed by atoms with Crippen molar-refractivity contribution in [2.45, 2.75) is 13.0 Å². The second-order valence-corrected chi connectivity index (χ2v) is 8.97. The molecule has 0 spiro atoms. The zero-order valence-electron chi connectivity index (χ0n) is 20.5. The summed E-state index contributed by atoms with van der Waals surface area (Å²) in [4.78, 5) is 28.1. The molecule has 5 aromatic rings. The van der Waals surface area contributed by atoms with Gasteiger partial charge in [0.25, 0.3) is 5.91 Å². The molecule has 1 aliphatic rings. The van der Waals surface area contributed by atoms with Gasteiger partial charge in [-0.2, -0.15) is 10.1 Å². The van der Waals surface area contributed by atoms with Crippen molar-refractivity contribution in [3.63, 3.8) is 0 Å². The number of carbonyl (C=O) groups excluding carboxylic acids is 1. The van der Waals surface area contributed by atoms with Gasteiger partial charge in [-0.1, -0.05) is 12.1 Å². The largest absolute Gasteiger partial charge is 0.342 e. The molecule has 190 valence electrons. The van der Waals surface area contributed by atoms with Crippen LogP contribution < -0.4 is 15.5 Å². The van der Waals surface area contributed by atoms with E-state index in [1.54, 1.807) is 12.4 Å². The van der Waals surface area contributed by atoms with Crippen LogP contribution in [0.1, 0.15) is 21.7 Å². The third-order valence-corrected chi connectivity index (χ3v) is 6.60. The van der Waals surface area contributed by atoms with E-state index in [1.165, 1.54) is 18.5 Å². The third-order valence-electron chi connectivity index (χ3n) is 6.60. The Balaban J connectivity index is 1.16. The molecule has 38 heavy (non-hydrogen) atoms. The van der Waals surface area contributed by atoms with E-state index in [0.717, 1.165) is 34.5 Å². The standard InChI is InChI=1S/C27H24FN9O/c1-36-23(26(38)34-22-15-29-9-6-21(22)28)12-18-8-11-37(16-24(18)36)27-30-10-7-25(35-27)33-20-4-2-17(3-5-20)19-13-31-32-14-19/h2-7,9-10,12-15H,8,11,16H2,1H3,(H,31,32)(H,34,38)(H,30,33,35). The number of hydrogen-bond donors (Lipinski definition) is 3. The van der Waals surface area contributed by atoms with Crippen molar-refractivity contribution in [2.75, 3.05) is 22.1 Å². The van der Waals surface area contributed by atoms with Gasteiger partial charge in [0.2, 0.25) is 5.95 Å². The number of anilines is 4. The number of nitrogens with one attached hydrogen (secondary N) is 3. The van der Waals surface area contributed by atoms with Gasteiger partial charge in [0.05, 0.1) is 24.6 Å². The number of amides is 1. The lowest BCUT2D eigenvalue weighted by Gasteiger charge is -2.28. The molecular weight excluding hydrogens is 485 g/mol. The molecule has 0 unspecified atom stereocenters. The van der Waals surface area contributed by atoms with E-state index in [1.807, 2.05) is 54.2 Å². The highest BCUT2D eigenvalue weighted by atomic mass is 19.1. The van der Waals surface area contributed by atoms with Crippen molar-refractivity contribution in [1.29, 1.82) is 0 Å². The first-order valence-electron chi connectivity index (χ1n) is 12.1. The number of pyridine rings is 1. The predicted molar refractivity (Wildman–Crippen MR) is 142 cm³/mol. The van der Waals surface area contributed by atoms with Gasteiger partial charge in [-0.15, -0.1) is 0 Å². The molecular formula is C27H24FN9O. The third kappa shape index (κ3) is 4.57. The molecule has 10 nitrogen and oxygen atoms in total. The fourth-order valence-corrected chi connectivity index (χ4v) is 4.56. The van der Waals surface area contributed by atoms with Crippen molar-refractivity contribution in [1.82, 2.24) is 29.7 Å². The second kappa shape index (κ2) is 9.77. The fourth-order valence-electron chi connectivity index (χ4n) is 4.56. The number of fused-ring (bicyclic) bond motifs is 1. The average Bonchev–Trinajstić information content (AvgIpc) is 3.59. The molecule has 0 atom stereocenters. The number of carbonyl (C=O) groups is 1. The Bertz CT molecular complexity index is 1600. The summed E-state index contributed by atoms with van der Waals surface area (Å²) in [6.45, 7) is 1.25. The van der Waals surface area contributed by atoms with Crippen LogP contribution in [0.2, 0.25) is 0 Å². The molecule has 3 N–H and O–H groups in total. The Morgan fingerprint density at radius 1 is 1.08 bits per heavy atom. The summed E-state index contributed by atoms with van der Waals surface area (Å²) in [5.41, 5.74) is 5.57. The first-order chi connectivity index (χ1) is 18.5. The minimum atomic E-state index is -0.530. The number of halogens is 1. The highest BCUT2D eigenvalue weighted by Gasteiger charge is 2.25. The average molecular weight is 510 g/mol. The molecule has 4 aromatic heterocycles. The van der Waals surface area contributed by atoms with Gasteiger partial charge in [-0.25, -0.2) is 9.37 Å².